The van der Waals surface area contributed by atoms with Crippen LogP contribution < -0.4 is 0 Å². The van der Waals surface area contributed by atoms with Crippen molar-refractivity contribution >= 4 is 5.97 Å². The van der Waals surface area contributed by atoms with E-state index in [1.54, 1.807) is 6.92 Å². The molecular weight excluding hydrogens is 364 g/mol. The molecule has 9 atom stereocenters. The molecule has 3 N–H and O–H groups in total. The lowest BCUT2D eigenvalue weighted by molar-refractivity contribution is -0.305. The zero-order valence-electron chi connectivity index (χ0n) is 17.3. The smallest absolute Gasteiger partial charge is 0.314 e. The monoisotopic (exact) mass is 398 g/mol. The molecule has 160 valence electrons. The van der Waals surface area contributed by atoms with Gasteiger partial charge in [0.1, 0.15) is 11.7 Å². The van der Waals surface area contributed by atoms with E-state index in [2.05, 4.69) is 6.92 Å². The fourth-order valence-corrected chi connectivity index (χ4v) is 7.10. The number of rotatable bonds is 3. The Morgan fingerprint density at radius 3 is 2.32 bits per heavy atom. The van der Waals surface area contributed by atoms with E-state index in [1.807, 2.05) is 6.92 Å². The minimum Gasteiger partial charge on any atom is -0.469 e. The number of hydrogen-bond acceptors (Lipinski definition) is 7. The van der Waals surface area contributed by atoms with Crippen LogP contribution in [0.4, 0.5) is 0 Å². The Balaban J connectivity index is 1.72. The second kappa shape index (κ2) is 6.38. The molecule has 7 nitrogen and oxygen atoms in total. The molecule has 1 unspecified atom stereocenters. The summed E-state index contributed by atoms with van der Waals surface area (Å²) in [7, 11) is 1.35. The summed E-state index contributed by atoms with van der Waals surface area (Å²) >= 11 is 0. The molecule has 4 rings (SSSR count). The second-order valence-corrected chi connectivity index (χ2v) is 10.0. The Morgan fingerprint density at radius 1 is 1.11 bits per heavy atom. The van der Waals surface area contributed by atoms with Gasteiger partial charge >= 0.3 is 5.97 Å². The van der Waals surface area contributed by atoms with Crippen molar-refractivity contribution in [2.45, 2.75) is 82.4 Å². The third-order valence-electron chi connectivity index (χ3n) is 8.85. The van der Waals surface area contributed by atoms with E-state index in [0.717, 1.165) is 6.42 Å². The Hall–Kier alpha value is -0.730. The van der Waals surface area contributed by atoms with Crippen LogP contribution in [-0.2, 0) is 19.0 Å². The van der Waals surface area contributed by atoms with Crippen LogP contribution >= 0.6 is 0 Å². The first kappa shape index (κ1) is 20.5. The molecule has 0 bridgehead atoms. The van der Waals surface area contributed by atoms with Crippen molar-refractivity contribution in [3.63, 3.8) is 0 Å². The normalized spacial score (nSPS) is 55.8. The molecule has 0 amide bonds. The zero-order valence-corrected chi connectivity index (χ0v) is 17.3. The van der Waals surface area contributed by atoms with E-state index >= 15 is 0 Å². The number of methoxy groups -OCH3 is 1. The van der Waals surface area contributed by atoms with E-state index < -0.39 is 40.2 Å². The number of carbonyl (C=O) groups excluding carboxylic acids is 1. The Kier molecular flexibility index (Phi) is 4.68. The summed E-state index contributed by atoms with van der Waals surface area (Å²) in [6.07, 6.45) is 1.14. The predicted molar refractivity (Wildman–Crippen MR) is 99.4 cm³/mol. The summed E-state index contributed by atoms with van der Waals surface area (Å²) in [4.78, 5) is 12.7. The van der Waals surface area contributed by atoms with Gasteiger partial charge in [-0.1, -0.05) is 6.92 Å². The van der Waals surface area contributed by atoms with Crippen LogP contribution in [0.2, 0.25) is 0 Å². The van der Waals surface area contributed by atoms with E-state index in [0.29, 0.717) is 25.9 Å². The molecule has 0 radical (unpaired) electrons. The Labute approximate surface area is 166 Å². The maximum absolute atomic E-state index is 12.7. The number of epoxide rings is 1. The van der Waals surface area contributed by atoms with Gasteiger partial charge in [-0.15, -0.1) is 0 Å². The van der Waals surface area contributed by atoms with Crippen LogP contribution in [0.25, 0.3) is 0 Å². The van der Waals surface area contributed by atoms with Crippen LogP contribution in [0.1, 0.15) is 52.9 Å². The molecule has 4 aliphatic rings. The van der Waals surface area contributed by atoms with Gasteiger partial charge in [0.15, 0.2) is 0 Å². The van der Waals surface area contributed by atoms with Gasteiger partial charge in [-0.3, -0.25) is 4.79 Å². The number of esters is 1. The number of fused-ring (bicyclic) bond motifs is 3. The molecule has 4 fully saturated rings. The average molecular weight is 398 g/mol. The predicted octanol–water partition coefficient (Wildman–Crippen LogP) is 1.02. The van der Waals surface area contributed by atoms with Crippen molar-refractivity contribution in [1.29, 1.82) is 0 Å². The zero-order chi connectivity index (χ0) is 20.5. The van der Waals surface area contributed by atoms with Crippen molar-refractivity contribution in [1.82, 2.24) is 0 Å². The Bertz CT molecular complexity index is 651. The first-order chi connectivity index (χ1) is 13.1. The number of carbonyl (C=O) groups is 1. The third-order valence-corrected chi connectivity index (χ3v) is 8.85. The van der Waals surface area contributed by atoms with Gasteiger partial charge in [-0.2, -0.15) is 0 Å². The second-order valence-electron chi connectivity index (χ2n) is 10.0. The highest BCUT2D eigenvalue weighted by Gasteiger charge is 2.70. The van der Waals surface area contributed by atoms with E-state index in [-0.39, 0.29) is 31.0 Å². The highest BCUT2D eigenvalue weighted by molar-refractivity contribution is 5.78. The minimum atomic E-state index is -1.06. The summed E-state index contributed by atoms with van der Waals surface area (Å²) in [5.41, 5.74) is -2.87. The van der Waals surface area contributed by atoms with Crippen molar-refractivity contribution in [2.24, 2.45) is 22.7 Å². The number of hydrogen-bond donors (Lipinski definition) is 3. The summed E-state index contributed by atoms with van der Waals surface area (Å²) in [5, 5.41) is 32.0. The maximum Gasteiger partial charge on any atom is 0.314 e. The molecule has 2 saturated carbocycles. The molecule has 0 aromatic carbocycles. The molecule has 0 aromatic heterocycles. The lowest BCUT2D eigenvalue weighted by Gasteiger charge is -2.66. The Morgan fingerprint density at radius 2 is 1.75 bits per heavy atom. The first-order valence-corrected chi connectivity index (χ1v) is 10.5. The summed E-state index contributed by atoms with van der Waals surface area (Å²) in [6.45, 7) is 6.41. The van der Waals surface area contributed by atoms with Crippen LogP contribution in [0.3, 0.4) is 0 Å². The van der Waals surface area contributed by atoms with E-state index in [1.165, 1.54) is 7.11 Å². The lowest BCUT2D eigenvalue weighted by Crippen LogP contribution is -2.71. The van der Waals surface area contributed by atoms with E-state index in [4.69, 9.17) is 14.2 Å². The lowest BCUT2D eigenvalue weighted by atomic mass is 9.42. The van der Waals surface area contributed by atoms with Gasteiger partial charge < -0.3 is 29.5 Å². The fraction of sp³-hybridized carbons (Fsp3) is 0.952. The SMILES string of the molecule is COC(=O)[C@@]1(C)[C@H](O)C[C@H](O)[C@@]2(C)[C@H]3CC[C@](CO)(C4CO4)O[C@@]3(C)CC[C@@H]12. The van der Waals surface area contributed by atoms with Crippen LogP contribution in [0, 0.1) is 22.7 Å². The van der Waals surface area contributed by atoms with Gasteiger partial charge in [-0.05, 0) is 51.4 Å². The molecular formula is C21H34O7. The first-order valence-electron chi connectivity index (χ1n) is 10.5. The minimum absolute atomic E-state index is 0.00339. The number of aliphatic hydroxyl groups is 3. The van der Waals surface area contributed by atoms with Crippen LogP contribution in [0.5, 0.6) is 0 Å². The molecule has 0 aromatic rings. The van der Waals surface area contributed by atoms with Gasteiger partial charge in [0.2, 0.25) is 0 Å². The van der Waals surface area contributed by atoms with Crippen molar-refractivity contribution in [3.8, 4) is 0 Å². The molecule has 0 spiro atoms. The average Bonchev–Trinajstić information content (AvgIpc) is 3.50. The quantitative estimate of drug-likeness (QED) is 0.481. The van der Waals surface area contributed by atoms with Crippen molar-refractivity contribution in [2.75, 3.05) is 20.3 Å². The van der Waals surface area contributed by atoms with Gasteiger partial charge in [0.05, 0.1) is 43.5 Å². The maximum atomic E-state index is 12.7. The van der Waals surface area contributed by atoms with E-state index in [9.17, 15) is 20.1 Å². The topological polar surface area (TPSA) is 109 Å². The van der Waals surface area contributed by atoms with Crippen LogP contribution in [0.15, 0.2) is 0 Å². The largest absolute Gasteiger partial charge is 0.469 e. The van der Waals surface area contributed by atoms with Gasteiger partial charge in [0.25, 0.3) is 0 Å². The molecule has 2 heterocycles. The van der Waals surface area contributed by atoms with Crippen LogP contribution in [-0.4, -0.2) is 71.1 Å². The highest BCUT2D eigenvalue weighted by Crippen LogP contribution is 2.66. The van der Waals surface area contributed by atoms with Crippen molar-refractivity contribution in [3.05, 3.63) is 0 Å². The highest BCUT2D eigenvalue weighted by atomic mass is 16.6. The summed E-state index contributed by atoms with van der Waals surface area (Å²) in [6, 6.07) is 0. The number of aliphatic hydroxyl groups excluding tert-OH is 3. The molecule has 2 aliphatic carbocycles. The summed E-state index contributed by atoms with van der Waals surface area (Å²) in [5.74, 6) is -0.630. The van der Waals surface area contributed by atoms with Crippen molar-refractivity contribution < 1.29 is 34.3 Å². The molecule has 2 aliphatic heterocycles. The standard InChI is InChI=1S/C21H34O7/c1-18-7-5-13-19(2,14(23)9-15(24)20(13,3)17(25)26-4)12(18)6-8-21(11-22,28-18)16-10-27-16/h12-16,22-24H,5-11H2,1-4H3/t12-,13+,14-,15+,16?,18-,19-,20+,21-/m0/s1. The molecule has 2 saturated heterocycles. The molecule has 7 heteroatoms. The molecule has 28 heavy (non-hydrogen) atoms. The van der Waals surface area contributed by atoms with Gasteiger partial charge in [0, 0.05) is 11.8 Å². The number of ether oxygens (including phenoxy) is 3. The van der Waals surface area contributed by atoms with Gasteiger partial charge in [-0.25, -0.2) is 0 Å². The third kappa shape index (κ3) is 2.49. The fourth-order valence-electron chi connectivity index (χ4n) is 7.10. The summed E-state index contributed by atoms with van der Waals surface area (Å²) < 4.78 is 17.2.